The summed E-state index contributed by atoms with van der Waals surface area (Å²) >= 11 is 0. The van der Waals surface area contributed by atoms with Crippen molar-refractivity contribution in [3.63, 3.8) is 0 Å². The van der Waals surface area contributed by atoms with Crippen molar-refractivity contribution in [2.75, 3.05) is 9.71 Å². The number of aryl methyl sites for hydroxylation is 1. The van der Waals surface area contributed by atoms with Crippen molar-refractivity contribution >= 4 is 90.0 Å². The highest BCUT2D eigenvalue weighted by molar-refractivity contribution is 6.93. The molecule has 270 valence electrons. The largest absolute Gasteiger partial charge is 0.454 e. The Kier molecular flexibility index (Phi) is 5.74. The Morgan fingerprint density at radius 1 is 0.696 bits per heavy atom. The Morgan fingerprint density at radius 3 is 2.20 bits per heavy atom. The van der Waals surface area contributed by atoms with E-state index in [1.165, 1.54) is 78.3 Å². The van der Waals surface area contributed by atoms with Crippen LogP contribution in [0.25, 0.3) is 49.3 Å². The van der Waals surface area contributed by atoms with Gasteiger partial charge in [-0.25, -0.2) is 0 Å². The summed E-state index contributed by atoms with van der Waals surface area (Å²) in [6, 6.07) is 38.5. The van der Waals surface area contributed by atoms with E-state index in [1.54, 1.807) is 0 Å². The maximum absolute atomic E-state index is 7.07. The number of anilines is 4. The standard InChI is InChI=1S/C51H41BN2O2/c1-28-25-36-37(51(4,5)24-23-50(36,2)3)27-39(28)53-40-26-29-13-6-7-14-30(29)43-34-17-12-18-35-44-33-16-9-11-20-42(33)56-49(44)54(46(34)35)52(45(40)43)38-22-21-32-31-15-8-10-19-41(31)55-48(32)47(38)53/h6-22,25-27,35,46H,23-24H2,1-5H3. The molecule has 56 heavy (non-hydrogen) atoms. The zero-order valence-corrected chi connectivity index (χ0v) is 32.4. The van der Waals surface area contributed by atoms with Gasteiger partial charge < -0.3 is 18.5 Å². The minimum absolute atomic E-state index is 0.0529. The first-order chi connectivity index (χ1) is 27.2. The van der Waals surface area contributed by atoms with Gasteiger partial charge in [0.1, 0.15) is 11.2 Å². The molecule has 2 aromatic heterocycles. The maximum atomic E-state index is 7.07. The van der Waals surface area contributed by atoms with Crippen LogP contribution in [0.1, 0.15) is 74.3 Å². The third-order valence-corrected chi connectivity index (χ3v) is 14.4. The van der Waals surface area contributed by atoms with Gasteiger partial charge in [-0.1, -0.05) is 125 Å². The fourth-order valence-corrected chi connectivity index (χ4v) is 11.6. The molecule has 5 heterocycles. The minimum Gasteiger partial charge on any atom is -0.454 e. The van der Waals surface area contributed by atoms with Crippen molar-refractivity contribution in [2.24, 2.45) is 0 Å². The van der Waals surface area contributed by atoms with Gasteiger partial charge in [-0.3, -0.25) is 0 Å². The van der Waals surface area contributed by atoms with Gasteiger partial charge in [0.15, 0.2) is 11.5 Å². The Morgan fingerprint density at radius 2 is 1.39 bits per heavy atom. The monoisotopic (exact) mass is 724 g/mol. The Hall–Kier alpha value is -5.94. The summed E-state index contributed by atoms with van der Waals surface area (Å²) in [6.45, 7) is 12.0. The lowest BCUT2D eigenvalue weighted by molar-refractivity contribution is 0.332. The number of furan rings is 2. The summed E-state index contributed by atoms with van der Waals surface area (Å²) in [6.07, 6.45) is 9.43. The molecular weight excluding hydrogens is 683 g/mol. The number of nitrogens with zero attached hydrogens (tertiary/aromatic N) is 2. The van der Waals surface area contributed by atoms with E-state index < -0.39 is 0 Å². The van der Waals surface area contributed by atoms with Crippen molar-refractivity contribution < 1.29 is 8.83 Å². The lowest BCUT2D eigenvalue weighted by Gasteiger charge is -2.48. The molecule has 2 unspecified atom stereocenters. The van der Waals surface area contributed by atoms with Crippen molar-refractivity contribution in [2.45, 2.75) is 70.3 Å². The topological polar surface area (TPSA) is 32.8 Å². The van der Waals surface area contributed by atoms with Crippen LogP contribution in [0.3, 0.4) is 0 Å². The summed E-state index contributed by atoms with van der Waals surface area (Å²) in [7, 11) is 0. The minimum atomic E-state index is -0.0975. The second-order valence-corrected chi connectivity index (χ2v) is 18.3. The van der Waals surface area contributed by atoms with Crippen molar-refractivity contribution in [3.8, 4) is 0 Å². The molecule has 0 amide bonds. The van der Waals surface area contributed by atoms with Gasteiger partial charge in [0.25, 0.3) is 0 Å². The van der Waals surface area contributed by atoms with Gasteiger partial charge in [0.05, 0.1) is 11.7 Å². The molecule has 0 N–H and O–H groups in total. The second kappa shape index (κ2) is 10.3. The molecule has 2 atom stereocenters. The number of fused-ring (bicyclic) bond motifs is 16. The lowest BCUT2D eigenvalue weighted by atomic mass is 9.42. The highest BCUT2D eigenvalue weighted by atomic mass is 16.4. The van der Waals surface area contributed by atoms with E-state index in [0.29, 0.717) is 0 Å². The van der Waals surface area contributed by atoms with E-state index in [-0.39, 0.29) is 29.6 Å². The fraction of sp³-hybridized carbons (Fsp3) is 0.216. The van der Waals surface area contributed by atoms with Crippen molar-refractivity contribution in [1.82, 2.24) is 0 Å². The van der Waals surface area contributed by atoms with Crippen LogP contribution < -0.4 is 20.6 Å². The van der Waals surface area contributed by atoms with Gasteiger partial charge in [0.2, 0.25) is 0 Å². The lowest BCUT2D eigenvalue weighted by Crippen LogP contribution is -2.67. The van der Waals surface area contributed by atoms with E-state index in [1.807, 2.05) is 0 Å². The zero-order chi connectivity index (χ0) is 37.4. The Labute approximate surface area is 326 Å². The van der Waals surface area contributed by atoms with Gasteiger partial charge in [0, 0.05) is 39.0 Å². The quantitative estimate of drug-likeness (QED) is 0.158. The van der Waals surface area contributed by atoms with E-state index >= 15 is 0 Å². The average molecular weight is 725 g/mol. The van der Waals surface area contributed by atoms with Gasteiger partial charge in [-0.05, 0) is 104 Å². The van der Waals surface area contributed by atoms with Crippen LogP contribution in [-0.4, -0.2) is 12.9 Å². The van der Waals surface area contributed by atoms with Crippen LogP contribution in [0, 0.1) is 6.92 Å². The summed E-state index contributed by atoms with van der Waals surface area (Å²) in [5.74, 6) is 1.17. The molecule has 4 nitrogen and oxygen atoms in total. The molecule has 5 aliphatic rings. The predicted molar refractivity (Wildman–Crippen MR) is 233 cm³/mol. The van der Waals surface area contributed by atoms with Gasteiger partial charge in [-0.15, -0.1) is 0 Å². The van der Waals surface area contributed by atoms with E-state index in [2.05, 4.69) is 166 Å². The van der Waals surface area contributed by atoms with Crippen LogP contribution >= 0.6 is 0 Å². The van der Waals surface area contributed by atoms with E-state index in [9.17, 15) is 0 Å². The third-order valence-electron chi connectivity index (χ3n) is 14.4. The summed E-state index contributed by atoms with van der Waals surface area (Å²) in [4.78, 5) is 5.24. The molecule has 5 heteroatoms. The smallest absolute Gasteiger partial charge is 0.331 e. The molecule has 3 aliphatic heterocycles. The summed E-state index contributed by atoms with van der Waals surface area (Å²) in [5, 5.41) is 6.06. The average Bonchev–Trinajstić information content (AvgIpc) is 3.88. The molecule has 13 rings (SSSR count). The molecule has 0 saturated heterocycles. The number of rotatable bonds is 1. The van der Waals surface area contributed by atoms with Crippen LogP contribution in [-0.2, 0) is 10.8 Å². The van der Waals surface area contributed by atoms with E-state index in [4.69, 9.17) is 8.83 Å². The van der Waals surface area contributed by atoms with Crippen molar-refractivity contribution in [1.29, 1.82) is 0 Å². The van der Waals surface area contributed by atoms with Crippen molar-refractivity contribution in [3.05, 3.63) is 149 Å². The number of hydrogen-bond donors (Lipinski definition) is 0. The number of benzene rings is 6. The Bertz CT molecular complexity index is 3160. The molecule has 0 radical (unpaired) electrons. The molecule has 0 saturated carbocycles. The first-order valence-electron chi connectivity index (χ1n) is 20.3. The molecule has 0 spiro atoms. The third kappa shape index (κ3) is 3.72. The molecule has 0 fully saturated rings. The first kappa shape index (κ1) is 31.3. The maximum Gasteiger partial charge on any atom is 0.331 e. The van der Waals surface area contributed by atoms with Crippen LogP contribution in [0.5, 0.6) is 0 Å². The van der Waals surface area contributed by atoms with E-state index in [0.717, 1.165) is 45.5 Å². The number of para-hydroxylation sites is 2. The van der Waals surface area contributed by atoms with Crippen LogP contribution in [0.15, 0.2) is 130 Å². The highest BCUT2D eigenvalue weighted by Gasteiger charge is 2.56. The van der Waals surface area contributed by atoms with Crippen LogP contribution in [0.4, 0.5) is 22.9 Å². The molecule has 6 aromatic carbocycles. The Balaban J connectivity index is 1.20. The number of allylic oxidation sites excluding steroid dienone is 2. The zero-order valence-electron chi connectivity index (χ0n) is 32.4. The number of hydrogen-bond acceptors (Lipinski definition) is 4. The normalized spacial score (nSPS) is 20.7. The summed E-state index contributed by atoms with van der Waals surface area (Å²) < 4.78 is 14.1. The molecule has 0 bridgehead atoms. The van der Waals surface area contributed by atoms with Crippen LogP contribution in [0.2, 0.25) is 0 Å². The predicted octanol–water partition coefficient (Wildman–Crippen LogP) is 12.0. The first-order valence-corrected chi connectivity index (χ1v) is 20.3. The summed E-state index contributed by atoms with van der Waals surface area (Å²) in [5.41, 5.74) is 17.4. The van der Waals surface area contributed by atoms with Gasteiger partial charge >= 0.3 is 6.85 Å². The highest BCUT2D eigenvalue weighted by Crippen LogP contribution is 2.58. The second-order valence-electron chi connectivity index (χ2n) is 18.3. The molecule has 8 aromatic rings. The molecular formula is C51H41BN2O2. The van der Waals surface area contributed by atoms with Gasteiger partial charge in [-0.2, -0.15) is 0 Å². The fourth-order valence-electron chi connectivity index (χ4n) is 11.6. The SMILES string of the molecule is Cc1cc2c(cc1N1c3cc4ccccc4c4c3B(c3ccc5c(oc6ccccc65)c31)N1c3oc5ccccc5c3C3C=CC=C4C31)C(C)(C)CCC2(C)C. The molecule has 2 aliphatic carbocycles.